The molecule has 3 aliphatic carbocycles. The van der Waals surface area contributed by atoms with E-state index in [-0.39, 0.29) is 11.7 Å². The number of allylic oxidation sites excluding steroid dienone is 7. The Morgan fingerprint density at radius 2 is 1.20 bits per heavy atom. The summed E-state index contributed by atoms with van der Waals surface area (Å²) in [4.78, 5) is 16.4. The monoisotopic (exact) mass is 700 g/mol. The molecule has 2 heterocycles. The zero-order chi connectivity index (χ0) is 36.0. The number of nitrogens with zero attached hydrogens (tertiary/aromatic N) is 4. The highest BCUT2D eigenvalue weighted by Crippen LogP contribution is 2.38. The summed E-state index contributed by atoms with van der Waals surface area (Å²) in [5, 5.41) is 1.34. The molecule has 0 aliphatic heterocycles. The number of rotatable bonds is 7. The van der Waals surface area contributed by atoms with Crippen LogP contribution in [0.5, 0.6) is 0 Å². The van der Waals surface area contributed by atoms with Crippen molar-refractivity contribution < 1.29 is 0 Å². The molecule has 0 bridgehead atoms. The normalized spacial score (nSPS) is 17.8. The number of aromatic nitrogens is 3. The molecule has 5 nitrogen and oxygen atoms in total. The molecule has 0 saturated carbocycles. The summed E-state index contributed by atoms with van der Waals surface area (Å²) in [6, 6.07) is 45.8. The second-order valence-electron chi connectivity index (χ2n) is 14.4. The molecule has 0 saturated heterocycles. The van der Waals surface area contributed by atoms with Crippen molar-refractivity contribution in [2.45, 2.75) is 31.7 Å². The first kappa shape index (κ1) is 32.1. The van der Waals surface area contributed by atoms with Crippen LogP contribution in [-0.4, -0.2) is 19.7 Å². The van der Waals surface area contributed by atoms with Crippen molar-refractivity contribution in [3.63, 3.8) is 0 Å². The number of hydrogen-bond donors (Lipinski definition) is 0. The molecular formula is C49H40N4O. The maximum absolute atomic E-state index is 14.0. The minimum Gasteiger partial charge on any atom is -0.334 e. The summed E-state index contributed by atoms with van der Waals surface area (Å²) in [6.07, 6.45) is 22.9. The Bertz CT molecular complexity index is 2740. The zero-order valence-electron chi connectivity index (χ0n) is 30.0. The topological polar surface area (TPSA) is 35.1 Å². The van der Waals surface area contributed by atoms with Crippen LogP contribution >= 0.6 is 0 Å². The molecule has 0 radical (unpaired) electrons. The quantitative estimate of drug-likeness (QED) is 0.166. The molecule has 0 fully saturated rings. The Morgan fingerprint density at radius 3 is 1.89 bits per heavy atom. The van der Waals surface area contributed by atoms with Crippen LogP contribution in [-0.2, 0) is 6.42 Å². The molecule has 0 spiro atoms. The van der Waals surface area contributed by atoms with Crippen molar-refractivity contribution in [3.05, 3.63) is 203 Å². The van der Waals surface area contributed by atoms with Gasteiger partial charge in [0.15, 0.2) is 0 Å². The number of hydrogen-bond acceptors (Lipinski definition) is 2. The lowest BCUT2D eigenvalue weighted by Gasteiger charge is -2.34. The fourth-order valence-electron chi connectivity index (χ4n) is 8.69. The van der Waals surface area contributed by atoms with E-state index in [0.29, 0.717) is 5.92 Å². The highest BCUT2D eigenvalue weighted by Gasteiger charge is 2.25. The van der Waals surface area contributed by atoms with Gasteiger partial charge in [0.05, 0.1) is 34.0 Å². The van der Waals surface area contributed by atoms with Crippen molar-refractivity contribution in [2.75, 3.05) is 4.90 Å². The maximum atomic E-state index is 14.0. The number of para-hydroxylation sites is 5. The molecule has 0 amide bonds. The summed E-state index contributed by atoms with van der Waals surface area (Å²) in [5.74, 6) is 0.351. The van der Waals surface area contributed by atoms with Gasteiger partial charge in [-0.1, -0.05) is 109 Å². The predicted octanol–water partition coefficient (Wildman–Crippen LogP) is 11.2. The average molecular weight is 701 g/mol. The molecule has 2 atom stereocenters. The van der Waals surface area contributed by atoms with E-state index in [1.165, 1.54) is 33.4 Å². The lowest BCUT2D eigenvalue weighted by molar-refractivity contribution is 0.729. The third-order valence-corrected chi connectivity index (χ3v) is 11.2. The van der Waals surface area contributed by atoms with Gasteiger partial charge in [0.25, 0.3) is 0 Å². The minimum atomic E-state index is -0.0834. The smallest absolute Gasteiger partial charge is 0.334 e. The molecule has 0 N–H and O–H groups in total. The minimum absolute atomic E-state index is 0.0834. The highest BCUT2D eigenvalue weighted by atomic mass is 16.1. The summed E-state index contributed by atoms with van der Waals surface area (Å²) >= 11 is 0. The van der Waals surface area contributed by atoms with E-state index in [0.717, 1.165) is 59.5 Å². The molecule has 5 aromatic carbocycles. The Balaban J connectivity index is 0.920. The molecule has 2 aromatic heterocycles. The van der Waals surface area contributed by atoms with Crippen LogP contribution in [0.15, 0.2) is 186 Å². The Morgan fingerprint density at radius 1 is 0.556 bits per heavy atom. The fourth-order valence-corrected chi connectivity index (χ4v) is 8.69. The third kappa shape index (κ3) is 5.43. The second kappa shape index (κ2) is 13.4. The highest BCUT2D eigenvalue weighted by molar-refractivity contribution is 5.95. The maximum Gasteiger partial charge on any atom is 0.338 e. The van der Waals surface area contributed by atoms with Crippen molar-refractivity contribution in [1.29, 1.82) is 0 Å². The predicted molar refractivity (Wildman–Crippen MR) is 224 cm³/mol. The van der Waals surface area contributed by atoms with Gasteiger partial charge in [-0.05, 0) is 104 Å². The largest absolute Gasteiger partial charge is 0.338 e. The summed E-state index contributed by atoms with van der Waals surface area (Å²) in [7, 11) is 0. The standard InChI is InChI=1S/C49H40N4O/c54-49-52(38-15-5-2-6-16-38)47-21-11-12-22-48(47)53(49)42-33-31-40(32-34-42)50(37-13-3-1-4-14-37)39-27-23-35(24-28-39)36-25-29-41(30-26-36)51-45-19-9-7-17-43(45)44-18-8-10-20-46(44)51/h1-9,11-19,21-25,27,29-34,36,39H,10,20,26,28H2. The van der Waals surface area contributed by atoms with Crippen molar-refractivity contribution >= 4 is 45.1 Å². The number of fused-ring (bicyclic) bond motifs is 4. The van der Waals surface area contributed by atoms with Crippen LogP contribution in [0, 0.1) is 5.92 Å². The van der Waals surface area contributed by atoms with Gasteiger partial charge in [-0.3, -0.25) is 9.13 Å². The van der Waals surface area contributed by atoms with Gasteiger partial charge < -0.3 is 9.47 Å². The lowest BCUT2D eigenvalue weighted by Crippen LogP contribution is -2.30. The van der Waals surface area contributed by atoms with E-state index in [4.69, 9.17) is 0 Å². The van der Waals surface area contributed by atoms with Crippen LogP contribution in [0.3, 0.4) is 0 Å². The number of anilines is 2. The SMILES string of the molecule is O=c1n(-c2ccccc2)c2ccccc2n1-c1ccc(N(c2ccccc2)C2C=CC(C3C=CC(n4c5c(c6ccccc64)C=CCC5)=CC3)=CC2)cc1. The molecule has 3 aliphatic rings. The summed E-state index contributed by atoms with van der Waals surface area (Å²) in [5.41, 5.74) is 12.3. The molecule has 54 heavy (non-hydrogen) atoms. The number of benzene rings is 5. The van der Waals surface area contributed by atoms with Crippen LogP contribution in [0.25, 0.3) is 45.1 Å². The van der Waals surface area contributed by atoms with Crippen LogP contribution < -0.4 is 10.6 Å². The van der Waals surface area contributed by atoms with Crippen LogP contribution in [0.1, 0.15) is 30.5 Å². The van der Waals surface area contributed by atoms with Crippen LogP contribution in [0.2, 0.25) is 0 Å². The van der Waals surface area contributed by atoms with E-state index >= 15 is 0 Å². The fraction of sp³-hybridized carbons (Fsp3) is 0.122. The Labute approximate surface area is 315 Å². The van der Waals surface area contributed by atoms with Gasteiger partial charge >= 0.3 is 5.69 Å². The van der Waals surface area contributed by atoms with Crippen molar-refractivity contribution in [1.82, 2.24) is 13.7 Å². The van der Waals surface area contributed by atoms with Gasteiger partial charge in [0, 0.05) is 39.6 Å². The zero-order valence-corrected chi connectivity index (χ0v) is 30.0. The van der Waals surface area contributed by atoms with E-state index in [1.807, 2.05) is 59.2 Å². The number of imidazole rings is 1. The average Bonchev–Trinajstić information content (AvgIpc) is 3.74. The van der Waals surface area contributed by atoms with Crippen LogP contribution in [0.4, 0.5) is 11.4 Å². The summed E-state index contributed by atoms with van der Waals surface area (Å²) in [6.45, 7) is 0. The molecule has 262 valence electrons. The van der Waals surface area contributed by atoms with Gasteiger partial charge in [-0.2, -0.15) is 0 Å². The summed E-state index contributed by atoms with van der Waals surface area (Å²) < 4.78 is 6.10. The Kier molecular flexibility index (Phi) is 7.98. The first-order valence-corrected chi connectivity index (χ1v) is 19.0. The van der Waals surface area contributed by atoms with E-state index < -0.39 is 0 Å². The lowest BCUT2D eigenvalue weighted by atomic mass is 9.87. The van der Waals surface area contributed by atoms with E-state index in [2.05, 4.69) is 137 Å². The molecular weight excluding hydrogens is 661 g/mol. The van der Waals surface area contributed by atoms with Gasteiger partial charge in [0.2, 0.25) is 0 Å². The third-order valence-electron chi connectivity index (χ3n) is 11.2. The van der Waals surface area contributed by atoms with E-state index in [9.17, 15) is 4.79 Å². The first-order chi connectivity index (χ1) is 26.7. The van der Waals surface area contributed by atoms with Gasteiger partial charge in [-0.15, -0.1) is 0 Å². The van der Waals surface area contributed by atoms with Gasteiger partial charge in [-0.25, -0.2) is 4.79 Å². The molecule has 10 rings (SSSR count). The van der Waals surface area contributed by atoms with Crippen molar-refractivity contribution in [2.24, 2.45) is 5.92 Å². The molecule has 5 heteroatoms. The molecule has 2 unspecified atom stereocenters. The van der Waals surface area contributed by atoms with E-state index in [1.54, 1.807) is 4.57 Å². The molecule has 7 aromatic rings. The first-order valence-electron chi connectivity index (χ1n) is 19.0. The second-order valence-corrected chi connectivity index (χ2v) is 14.4. The van der Waals surface area contributed by atoms with Crippen molar-refractivity contribution in [3.8, 4) is 11.4 Å². The van der Waals surface area contributed by atoms with Gasteiger partial charge in [0.1, 0.15) is 0 Å². The Hall–Kier alpha value is -6.59.